The fourth-order valence-corrected chi connectivity index (χ4v) is 3.51. The van der Waals surface area contributed by atoms with Gasteiger partial charge in [0.25, 0.3) is 0 Å². The van der Waals surface area contributed by atoms with Crippen molar-refractivity contribution in [2.24, 2.45) is 10.9 Å². The normalized spacial score (nSPS) is 18.8. The van der Waals surface area contributed by atoms with Gasteiger partial charge in [0, 0.05) is 25.4 Å². The van der Waals surface area contributed by atoms with Gasteiger partial charge in [0.1, 0.15) is 9.84 Å². The zero-order valence-corrected chi connectivity index (χ0v) is 18.7. The van der Waals surface area contributed by atoms with Crippen LogP contribution in [0.25, 0.3) is 0 Å². The van der Waals surface area contributed by atoms with E-state index in [-0.39, 0.29) is 35.8 Å². The van der Waals surface area contributed by atoms with Gasteiger partial charge in [-0.05, 0) is 65.6 Å². The molecule has 0 amide bonds. The van der Waals surface area contributed by atoms with E-state index in [0.29, 0.717) is 6.42 Å². The highest BCUT2D eigenvalue weighted by Gasteiger charge is 2.16. The molecular formula is C16H35IN4O2S. The molecule has 24 heavy (non-hydrogen) atoms. The third-order valence-electron chi connectivity index (χ3n) is 4.29. The fraction of sp³-hybridized carbons (Fsp3) is 0.938. The average molecular weight is 474 g/mol. The molecule has 1 aliphatic heterocycles. The monoisotopic (exact) mass is 474 g/mol. The second kappa shape index (κ2) is 12.3. The second-order valence-corrected chi connectivity index (χ2v) is 9.02. The molecular weight excluding hydrogens is 439 g/mol. The summed E-state index contributed by atoms with van der Waals surface area (Å²) >= 11 is 0. The van der Waals surface area contributed by atoms with E-state index in [2.05, 4.69) is 27.6 Å². The van der Waals surface area contributed by atoms with Crippen molar-refractivity contribution in [3.8, 4) is 0 Å². The van der Waals surface area contributed by atoms with E-state index in [4.69, 9.17) is 0 Å². The summed E-state index contributed by atoms with van der Waals surface area (Å²) in [5.74, 6) is 1.78. The average Bonchev–Trinajstić information content (AvgIpc) is 2.47. The van der Waals surface area contributed by atoms with Crippen molar-refractivity contribution < 1.29 is 8.42 Å². The van der Waals surface area contributed by atoms with Crippen LogP contribution in [0.4, 0.5) is 0 Å². The van der Waals surface area contributed by atoms with Crippen molar-refractivity contribution >= 4 is 39.8 Å². The number of nitrogens with one attached hydrogen (secondary N) is 2. The molecule has 1 heterocycles. The standard InChI is InChI=1S/C16H34N4O2S.HI/c1-5-17-16(19-14(2)9-13-23(4,21)22)18-10-6-15-7-11-20(3)12-8-15;/h14-15H,5-13H2,1-4H3,(H2,17,18,19);1H. The third-order valence-corrected chi connectivity index (χ3v) is 5.27. The number of aliphatic imine (C=N–C) groups is 1. The molecule has 144 valence electrons. The first-order valence-corrected chi connectivity index (χ1v) is 10.8. The summed E-state index contributed by atoms with van der Waals surface area (Å²) in [5, 5.41) is 6.54. The van der Waals surface area contributed by atoms with E-state index in [9.17, 15) is 8.42 Å². The maximum absolute atomic E-state index is 11.2. The van der Waals surface area contributed by atoms with Gasteiger partial charge in [-0.2, -0.15) is 0 Å². The van der Waals surface area contributed by atoms with E-state index in [0.717, 1.165) is 31.4 Å². The molecule has 8 heteroatoms. The van der Waals surface area contributed by atoms with Crippen LogP contribution in [0.1, 0.15) is 39.5 Å². The van der Waals surface area contributed by atoms with Crippen LogP contribution in [0.5, 0.6) is 0 Å². The Hall–Kier alpha value is -0.0900. The summed E-state index contributed by atoms with van der Waals surface area (Å²) in [7, 11) is -0.727. The third kappa shape index (κ3) is 11.5. The zero-order chi connectivity index (χ0) is 17.3. The Morgan fingerprint density at radius 2 is 1.96 bits per heavy atom. The van der Waals surface area contributed by atoms with E-state index < -0.39 is 9.84 Å². The molecule has 0 aromatic rings. The highest BCUT2D eigenvalue weighted by molar-refractivity contribution is 14.0. The Labute approximate surface area is 165 Å². The molecule has 1 unspecified atom stereocenters. The fourth-order valence-electron chi connectivity index (χ4n) is 2.73. The quantitative estimate of drug-likeness (QED) is 0.319. The Kier molecular flexibility index (Phi) is 12.2. The number of rotatable bonds is 8. The van der Waals surface area contributed by atoms with Crippen molar-refractivity contribution in [3.05, 3.63) is 0 Å². The van der Waals surface area contributed by atoms with Crippen LogP contribution < -0.4 is 10.6 Å². The summed E-state index contributed by atoms with van der Waals surface area (Å²) in [6.07, 6.45) is 5.53. The van der Waals surface area contributed by atoms with Crippen molar-refractivity contribution in [3.63, 3.8) is 0 Å². The first-order valence-electron chi connectivity index (χ1n) is 8.71. The van der Waals surface area contributed by atoms with Crippen molar-refractivity contribution in [2.45, 2.75) is 45.6 Å². The summed E-state index contributed by atoms with van der Waals surface area (Å²) in [5.41, 5.74) is 0. The van der Waals surface area contributed by atoms with Gasteiger partial charge in [0.05, 0.1) is 5.75 Å². The van der Waals surface area contributed by atoms with Crippen molar-refractivity contribution in [1.82, 2.24) is 15.5 Å². The number of sulfone groups is 1. The van der Waals surface area contributed by atoms with Crippen LogP contribution in [0, 0.1) is 5.92 Å². The number of likely N-dealkylation sites (tertiary alicyclic amines) is 1. The van der Waals surface area contributed by atoms with Gasteiger partial charge in [-0.15, -0.1) is 24.0 Å². The van der Waals surface area contributed by atoms with Crippen LogP contribution in [-0.4, -0.2) is 70.6 Å². The largest absolute Gasteiger partial charge is 0.357 e. The molecule has 1 fully saturated rings. The first-order chi connectivity index (χ1) is 10.8. The lowest BCUT2D eigenvalue weighted by atomic mass is 9.94. The molecule has 0 aromatic heterocycles. The summed E-state index contributed by atoms with van der Waals surface area (Å²) in [6, 6.07) is 0.0888. The van der Waals surface area contributed by atoms with Crippen LogP contribution in [0.2, 0.25) is 0 Å². The molecule has 1 rings (SSSR count). The smallest absolute Gasteiger partial charge is 0.191 e. The molecule has 0 aliphatic carbocycles. The maximum Gasteiger partial charge on any atom is 0.191 e. The maximum atomic E-state index is 11.2. The van der Waals surface area contributed by atoms with Crippen LogP contribution in [0.15, 0.2) is 4.99 Å². The number of hydrogen-bond donors (Lipinski definition) is 2. The Bertz CT molecular complexity index is 463. The highest BCUT2D eigenvalue weighted by atomic mass is 127. The summed E-state index contributed by atoms with van der Waals surface area (Å²) in [6.45, 7) is 8.04. The second-order valence-electron chi connectivity index (χ2n) is 6.76. The lowest BCUT2D eigenvalue weighted by Gasteiger charge is -2.28. The number of piperidine rings is 1. The molecule has 0 aromatic carbocycles. The van der Waals surface area contributed by atoms with Gasteiger partial charge < -0.3 is 15.5 Å². The molecule has 1 aliphatic rings. The molecule has 0 radical (unpaired) electrons. The van der Waals surface area contributed by atoms with Gasteiger partial charge >= 0.3 is 0 Å². The lowest BCUT2D eigenvalue weighted by Crippen LogP contribution is -2.43. The minimum atomic E-state index is -2.91. The molecule has 1 saturated heterocycles. The van der Waals surface area contributed by atoms with E-state index in [1.54, 1.807) is 0 Å². The molecule has 6 nitrogen and oxygen atoms in total. The van der Waals surface area contributed by atoms with Crippen LogP contribution >= 0.6 is 24.0 Å². The molecule has 0 saturated carbocycles. The Morgan fingerprint density at radius 1 is 1.33 bits per heavy atom. The Balaban J connectivity index is 0.00000529. The van der Waals surface area contributed by atoms with Gasteiger partial charge in [-0.3, -0.25) is 4.99 Å². The SMILES string of the molecule is CCNC(=NCCC1CCN(C)CC1)NC(C)CCS(C)(=O)=O.I. The predicted octanol–water partition coefficient (Wildman–Crippen LogP) is 1.71. The minimum Gasteiger partial charge on any atom is -0.357 e. The zero-order valence-electron chi connectivity index (χ0n) is 15.5. The molecule has 0 bridgehead atoms. The lowest BCUT2D eigenvalue weighted by molar-refractivity contribution is 0.214. The van der Waals surface area contributed by atoms with E-state index in [1.165, 1.54) is 32.2 Å². The number of nitrogens with zero attached hydrogens (tertiary/aromatic N) is 2. The van der Waals surface area contributed by atoms with Gasteiger partial charge in [-0.1, -0.05) is 0 Å². The highest BCUT2D eigenvalue weighted by Crippen LogP contribution is 2.19. The van der Waals surface area contributed by atoms with Gasteiger partial charge in [0.15, 0.2) is 5.96 Å². The number of guanidine groups is 1. The molecule has 0 spiro atoms. The van der Waals surface area contributed by atoms with Crippen LogP contribution in [-0.2, 0) is 9.84 Å². The van der Waals surface area contributed by atoms with E-state index >= 15 is 0 Å². The predicted molar refractivity (Wildman–Crippen MR) is 113 cm³/mol. The Morgan fingerprint density at radius 3 is 2.50 bits per heavy atom. The molecule has 1 atom stereocenters. The number of halogens is 1. The summed E-state index contributed by atoms with van der Waals surface area (Å²) in [4.78, 5) is 7.03. The van der Waals surface area contributed by atoms with Crippen molar-refractivity contribution in [1.29, 1.82) is 0 Å². The minimum absolute atomic E-state index is 0. The van der Waals surface area contributed by atoms with Gasteiger partial charge in [0.2, 0.25) is 0 Å². The number of hydrogen-bond acceptors (Lipinski definition) is 4. The summed E-state index contributed by atoms with van der Waals surface area (Å²) < 4.78 is 22.5. The van der Waals surface area contributed by atoms with Gasteiger partial charge in [-0.25, -0.2) is 8.42 Å². The van der Waals surface area contributed by atoms with Crippen LogP contribution in [0.3, 0.4) is 0 Å². The first kappa shape index (κ1) is 23.9. The van der Waals surface area contributed by atoms with Crippen molar-refractivity contribution in [2.75, 3.05) is 45.2 Å². The topological polar surface area (TPSA) is 73.8 Å². The molecule has 2 N–H and O–H groups in total. The van der Waals surface area contributed by atoms with E-state index in [1.807, 2.05) is 13.8 Å².